The van der Waals surface area contributed by atoms with Crippen LogP contribution in [0.5, 0.6) is 11.5 Å². The van der Waals surface area contributed by atoms with Gasteiger partial charge in [-0.05, 0) is 52.3 Å². The SMILES string of the molecule is COc1cc(C=O)c(Br)cc1OCC(=O)Nc1ccc(Br)cc1. The van der Waals surface area contributed by atoms with E-state index >= 15 is 0 Å². The first-order chi connectivity index (χ1) is 11.0. The zero-order valence-corrected chi connectivity index (χ0v) is 15.3. The van der Waals surface area contributed by atoms with Gasteiger partial charge in [0.25, 0.3) is 5.91 Å². The number of hydrogen-bond donors (Lipinski definition) is 1. The molecule has 0 aromatic heterocycles. The van der Waals surface area contributed by atoms with Gasteiger partial charge < -0.3 is 14.8 Å². The van der Waals surface area contributed by atoms with Gasteiger partial charge in [0.05, 0.1) is 7.11 Å². The molecule has 0 aliphatic rings. The normalized spacial score (nSPS) is 10.0. The molecule has 0 unspecified atom stereocenters. The highest BCUT2D eigenvalue weighted by atomic mass is 79.9. The highest BCUT2D eigenvalue weighted by Gasteiger charge is 2.12. The minimum absolute atomic E-state index is 0.181. The first-order valence-corrected chi connectivity index (χ1v) is 8.13. The van der Waals surface area contributed by atoms with Crippen molar-refractivity contribution >= 4 is 49.7 Å². The van der Waals surface area contributed by atoms with Crippen LogP contribution in [-0.4, -0.2) is 25.9 Å². The van der Waals surface area contributed by atoms with Crippen molar-refractivity contribution < 1.29 is 19.1 Å². The van der Waals surface area contributed by atoms with E-state index in [1.54, 1.807) is 24.3 Å². The first kappa shape index (κ1) is 17.5. The molecule has 23 heavy (non-hydrogen) atoms. The number of carbonyl (C=O) groups excluding carboxylic acids is 2. The molecule has 0 saturated heterocycles. The van der Waals surface area contributed by atoms with E-state index in [2.05, 4.69) is 37.2 Å². The summed E-state index contributed by atoms with van der Waals surface area (Å²) in [5.74, 6) is 0.452. The summed E-state index contributed by atoms with van der Waals surface area (Å²) in [5, 5.41) is 2.72. The second kappa shape index (κ2) is 8.12. The summed E-state index contributed by atoms with van der Waals surface area (Å²) < 4.78 is 12.1. The molecule has 7 heteroatoms. The first-order valence-electron chi connectivity index (χ1n) is 6.54. The molecule has 2 aromatic rings. The number of aldehydes is 1. The second-order valence-electron chi connectivity index (χ2n) is 4.49. The Balaban J connectivity index is 2.02. The Morgan fingerprint density at radius 3 is 2.48 bits per heavy atom. The van der Waals surface area contributed by atoms with Crippen molar-refractivity contribution in [1.82, 2.24) is 0 Å². The number of benzene rings is 2. The predicted molar refractivity (Wildman–Crippen MR) is 94.3 cm³/mol. The van der Waals surface area contributed by atoms with E-state index in [4.69, 9.17) is 9.47 Å². The van der Waals surface area contributed by atoms with Gasteiger partial charge in [-0.1, -0.05) is 15.9 Å². The Morgan fingerprint density at radius 2 is 1.87 bits per heavy atom. The topological polar surface area (TPSA) is 64.6 Å². The number of nitrogens with one attached hydrogen (secondary N) is 1. The van der Waals surface area contributed by atoms with Crippen LogP contribution in [-0.2, 0) is 4.79 Å². The molecule has 0 fully saturated rings. The van der Waals surface area contributed by atoms with Gasteiger partial charge in [-0.15, -0.1) is 0 Å². The molecule has 2 rings (SSSR count). The fourth-order valence-corrected chi connectivity index (χ4v) is 2.47. The maximum atomic E-state index is 11.9. The third-order valence-electron chi connectivity index (χ3n) is 2.90. The lowest BCUT2D eigenvalue weighted by atomic mass is 10.2. The van der Waals surface area contributed by atoms with Gasteiger partial charge in [0.1, 0.15) is 0 Å². The van der Waals surface area contributed by atoms with Gasteiger partial charge in [-0.2, -0.15) is 0 Å². The third kappa shape index (κ3) is 4.80. The fourth-order valence-electron chi connectivity index (χ4n) is 1.79. The van der Waals surface area contributed by atoms with E-state index in [0.717, 1.165) is 4.47 Å². The summed E-state index contributed by atoms with van der Waals surface area (Å²) in [6, 6.07) is 10.3. The van der Waals surface area contributed by atoms with E-state index < -0.39 is 0 Å². The van der Waals surface area contributed by atoms with Crippen molar-refractivity contribution in [3.05, 3.63) is 50.9 Å². The van der Waals surface area contributed by atoms with Crippen LogP contribution >= 0.6 is 31.9 Å². The predicted octanol–water partition coefficient (Wildman–Crippen LogP) is 4.05. The summed E-state index contributed by atoms with van der Waals surface area (Å²) in [6.45, 7) is -0.181. The molecule has 0 spiro atoms. The van der Waals surface area contributed by atoms with Crippen LogP contribution < -0.4 is 14.8 Å². The Morgan fingerprint density at radius 1 is 1.17 bits per heavy atom. The lowest BCUT2D eigenvalue weighted by Crippen LogP contribution is -2.20. The monoisotopic (exact) mass is 441 g/mol. The molecule has 0 saturated carbocycles. The van der Waals surface area contributed by atoms with E-state index in [1.807, 2.05) is 12.1 Å². The molecule has 0 radical (unpaired) electrons. The zero-order chi connectivity index (χ0) is 16.8. The summed E-state index contributed by atoms with van der Waals surface area (Å²) in [5.41, 5.74) is 1.11. The van der Waals surface area contributed by atoms with Crippen LogP contribution in [0, 0.1) is 0 Å². The van der Waals surface area contributed by atoms with Crippen molar-refractivity contribution in [1.29, 1.82) is 0 Å². The van der Waals surface area contributed by atoms with Crippen molar-refractivity contribution in [3.63, 3.8) is 0 Å². The highest BCUT2D eigenvalue weighted by molar-refractivity contribution is 9.10. The standard InChI is InChI=1S/C16H13Br2NO4/c1-22-14-6-10(8-20)13(18)7-15(14)23-9-16(21)19-12-4-2-11(17)3-5-12/h2-8H,9H2,1H3,(H,19,21). The summed E-state index contributed by atoms with van der Waals surface area (Å²) in [4.78, 5) is 22.8. The molecular weight excluding hydrogens is 430 g/mol. The van der Waals surface area contributed by atoms with Crippen LogP contribution in [0.2, 0.25) is 0 Å². The van der Waals surface area contributed by atoms with Crippen LogP contribution in [0.4, 0.5) is 5.69 Å². The average Bonchev–Trinajstić information content (AvgIpc) is 2.55. The largest absolute Gasteiger partial charge is 0.493 e. The number of carbonyl (C=O) groups is 2. The van der Waals surface area contributed by atoms with E-state index in [9.17, 15) is 9.59 Å². The Kier molecular flexibility index (Phi) is 6.18. The number of amides is 1. The van der Waals surface area contributed by atoms with Crippen molar-refractivity contribution in [2.45, 2.75) is 0 Å². The Hall–Kier alpha value is -1.86. The van der Waals surface area contributed by atoms with Gasteiger partial charge in [-0.25, -0.2) is 0 Å². The lowest BCUT2D eigenvalue weighted by molar-refractivity contribution is -0.118. The molecule has 5 nitrogen and oxygen atoms in total. The smallest absolute Gasteiger partial charge is 0.262 e. The van der Waals surface area contributed by atoms with Crippen LogP contribution in [0.3, 0.4) is 0 Å². The number of rotatable bonds is 6. The van der Waals surface area contributed by atoms with Crippen LogP contribution in [0.15, 0.2) is 45.3 Å². The van der Waals surface area contributed by atoms with E-state index in [-0.39, 0.29) is 12.5 Å². The molecule has 0 bridgehead atoms. The molecular formula is C16H13Br2NO4. The van der Waals surface area contributed by atoms with Gasteiger partial charge in [0, 0.05) is 20.2 Å². The van der Waals surface area contributed by atoms with E-state index in [0.29, 0.717) is 33.5 Å². The summed E-state index contributed by atoms with van der Waals surface area (Å²) in [7, 11) is 1.46. The molecule has 2 aromatic carbocycles. The van der Waals surface area contributed by atoms with Crippen molar-refractivity contribution in [2.75, 3.05) is 19.0 Å². The number of ether oxygens (including phenoxy) is 2. The van der Waals surface area contributed by atoms with E-state index in [1.165, 1.54) is 7.11 Å². The van der Waals surface area contributed by atoms with Crippen molar-refractivity contribution in [3.8, 4) is 11.5 Å². The molecule has 1 N–H and O–H groups in total. The number of hydrogen-bond acceptors (Lipinski definition) is 4. The molecule has 120 valence electrons. The van der Waals surface area contributed by atoms with Gasteiger partial charge >= 0.3 is 0 Å². The zero-order valence-electron chi connectivity index (χ0n) is 12.1. The quantitative estimate of drug-likeness (QED) is 0.685. The molecule has 0 heterocycles. The summed E-state index contributed by atoms with van der Waals surface area (Å²) in [6.07, 6.45) is 0.705. The van der Waals surface area contributed by atoms with Crippen molar-refractivity contribution in [2.24, 2.45) is 0 Å². The van der Waals surface area contributed by atoms with Gasteiger partial charge in [0.15, 0.2) is 24.4 Å². The fraction of sp³-hybridized carbons (Fsp3) is 0.125. The maximum Gasteiger partial charge on any atom is 0.262 e. The van der Waals surface area contributed by atoms with Crippen LogP contribution in [0.1, 0.15) is 10.4 Å². The molecule has 0 aliphatic carbocycles. The molecule has 1 amide bonds. The molecule has 0 aliphatic heterocycles. The number of methoxy groups -OCH3 is 1. The minimum Gasteiger partial charge on any atom is -0.493 e. The minimum atomic E-state index is -0.301. The number of anilines is 1. The third-order valence-corrected chi connectivity index (χ3v) is 4.11. The lowest BCUT2D eigenvalue weighted by Gasteiger charge is -2.12. The molecule has 0 atom stereocenters. The highest BCUT2D eigenvalue weighted by Crippen LogP contribution is 2.32. The van der Waals surface area contributed by atoms with Gasteiger partial charge in [-0.3, -0.25) is 9.59 Å². The average molecular weight is 443 g/mol. The Bertz CT molecular complexity index is 717. The summed E-state index contributed by atoms with van der Waals surface area (Å²) >= 11 is 6.59. The van der Waals surface area contributed by atoms with Crippen LogP contribution in [0.25, 0.3) is 0 Å². The Labute approximate surface area is 150 Å². The number of halogens is 2. The van der Waals surface area contributed by atoms with Gasteiger partial charge in [0.2, 0.25) is 0 Å². The maximum absolute atomic E-state index is 11.9. The second-order valence-corrected chi connectivity index (χ2v) is 6.26.